The van der Waals surface area contributed by atoms with Gasteiger partial charge < -0.3 is 15.5 Å². The van der Waals surface area contributed by atoms with Crippen molar-refractivity contribution in [1.82, 2.24) is 9.97 Å². The second-order valence-corrected chi connectivity index (χ2v) is 7.87. The molecule has 3 rings (SSSR count). The van der Waals surface area contributed by atoms with Crippen LogP contribution in [0.15, 0.2) is 48.5 Å². The number of hydrogen-bond acceptors (Lipinski definition) is 5. The van der Waals surface area contributed by atoms with E-state index in [9.17, 15) is 14.7 Å². The minimum Gasteiger partial charge on any atom is -0.481 e. The Hall–Kier alpha value is -3.48. The zero-order chi connectivity index (χ0) is 21.2. The Balaban J connectivity index is 2.06. The monoisotopic (exact) mass is 393 g/mol. The van der Waals surface area contributed by atoms with Gasteiger partial charge in [-0.15, -0.1) is 0 Å². The van der Waals surface area contributed by atoms with Gasteiger partial charge in [0.15, 0.2) is 5.82 Å². The third-order valence-electron chi connectivity index (χ3n) is 4.60. The number of carbonyl (C=O) groups is 2. The van der Waals surface area contributed by atoms with Crippen molar-refractivity contribution in [2.45, 2.75) is 38.6 Å². The van der Waals surface area contributed by atoms with Crippen molar-refractivity contribution < 1.29 is 19.8 Å². The summed E-state index contributed by atoms with van der Waals surface area (Å²) in [5.74, 6) is -1.74. The summed E-state index contributed by atoms with van der Waals surface area (Å²) in [5, 5.41) is 21.8. The Bertz CT molecular complexity index is 1060. The lowest BCUT2D eigenvalue weighted by molar-refractivity contribution is -0.144. The van der Waals surface area contributed by atoms with E-state index in [1.54, 1.807) is 12.1 Å². The third kappa shape index (κ3) is 4.68. The van der Waals surface area contributed by atoms with E-state index in [2.05, 4.69) is 36.1 Å². The number of para-hydroxylation sites is 1. The molecule has 0 radical (unpaired) electrons. The van der Waals surface area contributed by atoms with E-state index in [0.717, 1.165) is 5.56 Å². The van der Waals surface area contributed by atoms with Crippen LogP contribution in [0.4, 0.5) is 5.82 Å². The smallest absolute Gasteiger partial charge is 0.326 e. The number of benzene rings is 2. The van der Waals surface area contributed by atoms with Gasteiger partial charge in [-0.1, -0.05) is 57.2 Å². The molecule has 1 atom stereocenters. The van der Waals surface area contributed by atoms with Crippen molar-refractivity contribution in [2.75, 3.05) is 5.32 Å². The van der Waals surface area contributed by atoms with Crippen LogP contribution in [-0.4, -0.2) is 38.2 Å². The lowest BCUT2D eigenvalue weighted by Gasteiger charge is -2.19. The molecule has 1 heterocycles. The fourth-order valence-electron chi connectivity index (χ4n) is 2.97. The maximum atomic E-state index is 11.5. The molecule has 7 nitrogen and oxygen atoms in total. The highest BCUT2D eigenvalue weighted by Crippen LogP contribution is 2.28. The lowest BCUT2D eigenvalue weighted by Crippen LogP contribution is -2.32. The van der Waals surface area contributed by atoms with E-state index < -0.39 is 24.4 Å². The third-order valence-corrected chi connectivity index (χ3v) is 4.60. The van der Waals surface area contributed by atoms with Crippen LogP contribution in [0.5, 0.6) is 0 Å². The molecule has 3 N–H and O–H groups in total. The van der Waals surface area contributed by atoms with Crippen LogP contribution in [0.2, 0.25) is 0 Å². The van der Waals surface area contributed by atoms with Gasteiger partial charge in [-0.05, 0) is 23.1 Å². The molecule has 0 saturated heterocycles. The zero-order valence-electron chi connectivity index (χ0n) is 16.5. The summed E-state index contributed by atoms with van der Waals surface area (Å²) >= 11 is 0. The van der Waals surface area contributed by atoms with Crippen LogP contribution >= 0.6 is 0 Å². The first-order chi connectivity index (χ1) is 13.6. The summed E-state index contributed by atoms with van der Waals surface area (Å²) in [6.07, 6.45) is -0.566. The van der Waals surface area contributed by atoms with Gasteiger partial charge in [0.05, 0.1) is 11.9 Å². The molecule has 0 aliphatic carbocycles. The molecule has 1 unspecified atom stereocenters. The van der Waals surface area contributed by atoms with E-state index in [0.29, 0.717) is 22.5 Å². The molecule has 3 aromatic rings. The predicted molar refractivity (Wildman–Crippen MR) is 111 cm³/mol. The number of hydrogen-bond donors (Lipinski definition) is 3. The zero-order valence-corrected chi connectivity index (χ0v) is 16.5. The first kappa shape index (κ1) is 20.3. The SMILES string of the molecule is CC(C)(C)c1ccc(-c2nc(NC(CC(=O)O)C(=O)O)c3ccccc3n2)cc1. The van der Waals surface area contributed by atoms with Crippen molar-refractivity contribution in [1.29, 1.82) is 0 Å². The van der Waals surface area contributed by atoms with Gasteiger partial charge in [-0.2, -0.15) is 0 Å². The summed E-state index contributed by atoms with van der Waals surface area (Å²) in [6, 6.07) is 13.8. The molecule has 150 valence electrons. The standard InChI is InChI=1S/C22H23N3O4/c1-22(2,3)14-10-8-13(9-11-14)19-23-16-7-5-4-6-15(16)20(25-19)24-17(21(28)29)12-18(26)27/h4-11,17H,12H2,1-3H3,(H,26,27)(H,28,29)(H,23,24,25). The molecular weight excluding hydrogens is 370 g/mol. The molecule has 0 spiro atoms. The minimum absolute atomic E-state index is 0.0149. The second-order valence-electron chi connectivity index (χ2n) is 7.87. The van der Waals surface area contributed by atoms with E-state index >= 15 is 0 Å². The number of anilines is 1. The van der Waals surface area contributed by atoms with Crippen LogP contribution in [0.1, 0.15) is 32.8 Å². The van der Waals surface area contributed by atoms with Gasteiger partial charge in [0.25, 0.3) is 0 Å². The number of carboxylic acid groups (broad SMARTS) is 2. The Morgan fingerprint density at radius 1 is 1.00 bits per heavy atom. The maximum Gasteiger partial charge on any atom is 0.326 e. The average molecular weight is 393 g/mol. The summed E-state index contributed by atoms with van der Waals surface area (Å²) in [6.45, 7) is 6.39. The summed E-state index contributed by atoms with van der Waals surface area (Å²) in [7, 11) is 0. The minimum atomic E-state index is -1.30. The van der Waals surface area contributed by atoms with Crippen molar-refractivity contribution >= 4 is 28.7 Å². The number of aromatic nitrogens is 2. The summed E-state index contributed by atoms with van der Waals surface area (Å²) in [4.78, 5) is 31.6. The van der Waals surface area contributed by atoms with Crippen LogP contribution < -0.4 is 5.32 Å². The molecule has 29 heavy (non-hydrogen) atoms. The molecule has 0 amide bonds. The van der Waals surface area contributed by atoms with E-state index in [4.69, 9.17) is 5.11 Å². The predicted octanol–water partition coefficient (Wildman–Crippen LogP) is 3.93. The fourth-order valence-corrected chi connectivity index (χ4v) is 2.97. The molecule has 0 fully saturated rings. The number of fused-ring (bicyclic) bond motifs is 1. The highest BCUT2D eigenvalue weighted by Gasteiger charge is 2.23. The normalized spacial score (nSPS) is 12.5. The number of aliphatic carboxylic acids is 2. The maximum absolute atomic E-state index is 11.5. The highest BCUT2D eigenvalue weighted by atomic mass is 16.4. The van der Waals surface area contributed by atoms with Crippen molar-refractivity contribution in [3.05, 3.63) is 54.1 Å². The van der Waals surface area contributed by atoms with E-state index in [1.165, 1.54) is 5.56 Å². The summed E-state index contributed by atoms with van der Waals surface area (Å²) in [5.41, 5.74) is 2.62. The van der Waals surface area contributed by atoms with Crippen LogP contribution in [-0.2, 0) is 15.0 Å². The first-order valence-corrected chi connectivity index (χ1v) is 9.24. The largest absolute Gasteiger partial charge is 0.481 e. The number of rotatable bonds is 6. The Labute approximate surface area is 168 Å². The molecule has 0 aliphatic heterocycles. The van der Waals surface area contributed by atoms with Gasteiger partial charge in [-0.25, -0.2) is 14.8 Å². The van der Waals surface area contributed by atoms with Gasteiger partial charge in [-0.3, -0.25) is 4.79 Å². The topological polar surface area (TPSA) is 112 Å². The summed E-state index contributed by atoms with van der Waals surface area (Å²) < 4.78 is 0. The van der Waals surface area contributed by atoms with Crippen LogP contribution in [0, 0.1) is 0 Å². The van der Waals surface area contributed by atoms with Gasteiger partial charge in [0, 0.05) is 10.9 Å². The van der Waals surface area contributed by atoms with E-state index in [-0.39, 0.29) is 5.41 Å². The molecule has 0 saturated carbocycles. The molecule has 0 bridgehead atoms. The van der Waals surface area contributed by atoms with Crippen LogP contribution in [0.25, 0.3) is 22.3 Å². The molecule has 7 heteroatoms. The van der Waals surface area contributed by atoms with Crippen molar-refractivity contribution in [3.63, 3.8) is 0 Å². The lowest BCUT2D eigenvalue weighted by atomic mass is 9.87. The Morgan fingerprint density at radius 3 is 2.24 bits per heavy atom. The fraction of sp³-hybridized carbons (Fsp3) is 0.273. The number of carboxylic acids is 2. The molecule has 1 aromatic heterocycles. The van der Waals surface area contributed by atoms with Crippen molar-refractivity contribution in [3.8, 4) is 11.4 Å². The molecule has 2 aromatic carbocycles. The number of nitrogens with zero attached hydrogens (tertiary/aromatic N) is 2. The number of nitrogens with one attached hydrogen (secondary N) is 1. The highest BCUT2D eigenvalue weighted by molar-refractivity contribution is 5.93. The first-order valence-electron chi connectivity index (χ1n) is 9.24. The quantitative estimate of drug-likeness (QED) is 0.581. The average Bonchev–Trinajstić information content (AvgIpc) is 2.66. The Kier molecular flexibility index (Phi) is 5.50. The van der Waals surface area contributed by atoms with Crippen molar-refractivity contribution in [2.24, 2.45) is 0 Å². The Morgan fingerprint density at radius 2 is 1.66 bits per heavy atom. The van der Waals surface area contributed by atoms with Gasteiger partial charge >= 0.3 is 11.9 Å². The second kappa shape index (κ2) is 7.87. The van der Waals surface area contributed by atoms with Crippen LogP contribution in [0.3, 0.4) is 0 Å². The molecular formula is C22H23N3O4. The van der Waals surface area contributed by atoms with Gasteiger partial charge in [0.1, 0.15) is 11.9 Å². The molecule has 0 aliphatic rings. The van der Waals surface area contributed by atoms with E-state index in [1.807, 2.05) is 36.4 Å². The van der Waals surface area contributed by atoms with Gasteiger partial charge in [0.2, 0.25) is 0 Å².